The van der Waals surface area contributed by atoms with E-state index in [2.05, 4.69) is 16.9 Å². The molecule has 0 amide bonds. The molecule has 0 radical (unpaired) electrons. The van der Waals surface area contributed by atoms with Crippen molar-refractivity contribution in [3.05, 3.63) is 34.9 Å². The Morgan fingerprint density at radius 2 is 2.32 bits per heavy atom. The first-order valence-corrected chi connectivity index (χ1v) is 5.81. The molecule has 0 aliphatic rings. The molecule has 0 aliphatic heterocycles. The molecule has 7 nitrogen and oxygen atoms in total. The Morgan fingerprint density at radius 1 is 1.53 bits per heavy atom. The quantitative estimate of drug-likeness (QED) is 0.319. The molecule has 1 heterocycles. The fraction of sp³-hybridized carbons (Fsp3) is 0.417. The summed E-state index contributed by atoms with van der Waals surface area (Å²) in [5.41, 5.74) is -0.0908. The summed E-state index contributed by atoms with van der Waals surface area (Å²) in [5.74, 6) is 0.498. The van der Waals surface area contributed by atoms with Crippen molar-refractivity contribution in [2.45, 2.75) is 6.42 Å². The molecular formula is C12H17N3O4. The molecule has 0 aliphatic carbocycles. The second kappa shape index (κ2) is 8.04. The van der Waals surface area contributed by atoms with E-state index in [0.29, 0.717) is 25.6 Å². The van der Waals surface area contributed by atoms with E-state index in [1.54, 1.807) is 6.08 Å². The Bertz CT molecular complexity index is 437. The van der Waals surface area contributed by atoms with Crippen LogP contribution in [-0.4, -0.2) is 36.8 Å². The van der Waals surface area contributed by atoms with E-state index >= 15 is 0 Å². The predicted octanol–water partition coefficient (Wildman–Crippen LogP) is 2.00. The van der Waals surface area contributed by atoms with Crippen LogP contribution < -0.4 is 10.1 Å². The van der Waals surface area contributed by atoms with Gasteiger partial charge in [-0.2, -0.15) is 4.98 Å². The van der Waals surface area contributed by atoms with E-state index in [1.165, 1.54) is 19.2 Å². The summed E-state index contributed by atoms with van der Waals surface area (Å²) >= 11 is 0. The highest BCUT2D eigenvalue weighted by atomic mass is 16.6. The third kappa shape index (κ3) is 4.92. The average molecular weight is 267 g/mol. The van der Waals surface area contributed by atoms with Gasteiger partial charge in [0.2, 0.25) is 11.7 Å². The zero-order valence-corrected chi connectivity index (χ0v) is 10.8. The first-order chi connectivity index (χ1) is 9.19. The largest absolute Gasteiger partial charge is 0.481 e. The predicted molar refractivity (Wildman–Crippen MR) is 71.6 cm³/mol. The van der Waals surface area contributed by atoms with Gasteiger partial charge < -0.3 is 14.8 Å². The number of rotatable bonds is 9. The van der Waals surface area contributed by atoms with Crippen LogP contribution in [0.1, 0.15) is 6.42 Å². The number of nitrogens with zero attached hydrogens (tertiary/aromatic N) is 2. The van der Waals surface area contributed by atoms with Crippen molar-refractivity contribution < 1.29 is 14.4 Å². The fourth-order valence-electron chi connectivity index (χ4n) is 1.34. The van der Waals surface area contributed by atoms with Crippen molar-refractivity contribution in [1.29, 1.82) is 0 Å². The van der Waals surface area contributed by atoms with Gasteiger partial charge in [-0.05, 0) is 6.42 Å². The van der Waals surface area contributed by atoms with E-state index in [9.17, 15) is 10.1 Å². The number of ether oxygens (including phenoxy) is 2. The van der Waals surface area contributed by atoms with Crippen LogP contribution in [0.5, 0.6) is 5.88 Å². The molecular weight excluding hydrogens is 250 g/mol. The molecule has 1 aromatic rings. The molecule has 0 unspecified atom stereocenters. The number of methoxy groups -OCH3 is 1. The van der Waals surface area contributed by atoms with Gasteiger partial charge in [0.05, 0.1) is 25.2 Å². The van der Waals surface area contributed by atoms with Gasteiger partial charge in [-0.3, -0.25) is 10.1 Å². The van der Waals surface area contributed by atoms with Gasteiger partial charge in [0.1, 0.15) is 0 Å². The summed E-state index contributed by atoms with van der Waals surface area (Å²) in [6.07, 6.45) is 2.54. The van der Waals surface area contributed by atoms with Gasteiger partial charge in [0.25, 0.3) is 0 Å². The van der Waals surface area contributed by atoms with Crippen LogP contribution in [0.4, 0.5) is 11.5 Å². The molecule has 19 heavy (non-hydrogen) atoms. The molecule has 0 aromatic carbocycles. The molecule has 0 bridgehead atoms. The summed E-state index contributed by atoms with van der Waals surface area (Å²) in [6.45, 7) is 5.03. The summed E-state index contributed by atoms with van der Waals surface area (Å²) in [5, 5.41) is 13.7. The van der Waals surface area contributed by atoms with E-state index in [1.807, 2.05) is 0 Å². The second-order valence-corrected chi connectivity index (χ2v) is 3.59. The van der Waals surface area contributed by atoms with Crippen LogP contribution in [-0.2, 0) is 4.74 Å². The maximum absolute atomic E-state index is 10.8. The molecule has 0 saturated heterocycles. The first-order valence-electron chi connectivity index (χ1n) is 5.81. The Kier molecular flexibility index (Phi) is 6.31. The van der Waals surface area contributed by atoms with Gasteiger partial charge in [0.15, 0.2) is 0 Å². The third-order valence-corrected chi connectivity index (χ3v) is 2.26. The molecule has 104 valence electrons. The fourth-order valence-corrected chi connectivity index (χ4v) is 1.34. The van der Waals surface area contributed by atoms with Gasteiger partial charge in [-0.15, -0.1) is 6.58 Å². The molecule has 1 rings (SSSR count). The smallest absolute Gasteiger partial charge is 0.311 e. The Morgan fingerprint density at radius 3 is 2.95 bits per heavy atom. The lowest BCUT2D eigenvalue weighted by Gasteiger charge is -2.08. The van der Waals surface area contributed by atoms with Crippen LogP contribution in [0.2, 0.25) is 0 Å². The molecule has 0 fully saturated rings. The van der Waals surface area contributed by atoms with Crippen molar-refractivity contribution in [3.8, 4) is 5.88 Å². The van der Waals surface area contributed by atoms with Crippen LogP contribution in [0, 0.1) is 10.1 Å². The van der Waals surface area contributed by atoms with Gasteiger partial charge in [0, 0.05) is 18.7 Å². The topological polar surface area (TPSA) is 86.5 Å². The minimum absolute atomic E-state index is 0.0908. The zero-order valence-electron chi connectivity index (χ0n) is 10.8. The van der Waals surface area contributed by atoms with E-state index in [-0.39, 0.29) is 11.5 Å². The van der Waals surface area contributed by atoms with E-state index in [0.717, 1.165) is 6.42 Å². The second-order valence-electron chi connectivity index (χ2n) is 3.59. The minimum atomic E-state index is -0.493. The number of aromatic nitrogens is 1. The molecule has 0 atom stereocenters. The molecule has 0 spiro atoms. The Hall–Kier alpha value is -2.15. The van der Waals surface area contributed by atoms with Gasteiger partial charge in [-0.25, -0.2) is 0 Å². The highest BCUT2D eigenvalue weighted by Gasteiger charge is 2.15. The SMILES string of the molecule is C=CCCOCCNc1nc(OC)ccc1[N+](=O)[O-]. The van der Waals surface area contributed by atoms with Crippen molar-refractivity contribution in [3.63, 3.8) is 0 Å². The Labute approximate surface area is 111 Å². The molecule has 7 heteroatoms. The normalized spacial score (nSPS) is 9.95. The monoisotopic (exact) mass is 267 g/mol. The lowest BCUT2D eigenvalue weighted by molar-refractivity contribution is -0.384. The van der Waals surface area contributed by atoms with Crippen molar-refractivity contribution in [2.75, 3.05) is 32.2 Å². The van der Waals surface area contributed by atoms with Crippen molar-refractivity contribution in [1.82, 2.24) is 4.98 Å². The highest BCUT2D eigenvalue weighted by Crippen LogP contribution is 2.24. The first kappa shape index (κ1) is 14.9. The number of anilines is 1. The summed E-state index contributed by atoms with van der Waals surface area (Å²) in [4.78, 5) is 14.3. The molecule has 1 aromatic heterocycles. The minimum Gasteiger partial charge on any atom is -0.481 e. The number of nitrogens with one attached hydrogen (secondary N) is 1. The number of hydrogen-bond acceptors (Lipinski definition) is 6. The lowest BCUT2D eigenvalue weighted by atomic mass is 10.4. The zero-order chi connectivity index (χ0) is 14.1. The number of hydrogen-bond donors (Lipinski definition) is 1. The molecule has 0 saturated carbocycles. The third-order valence-electron chi connectivity index (χ3n) is 2.26. The Balaban J connectivity index is 2.55. The van der Waals surface area contributed by atoms with Crippen molar-refractivity contribution in [2.24, 2.45) is 0 Å². The van der Waals surface area contributed by atoms with Gasteiger partial charge in [-0.1, -0.05) is 6.08 Å². The van der Waals surface area contributed by atoms with E-state index in [4.69, 9.17) is 9.47 Å². The summed E-state index contributed by atoms with van der Waals surface area (Å²) in [6, 6.07) is 2.80. The van der Waals surface area contributed by atoms with Crippen LogP contribution >= 0.6 is 0 Å². The maximum atomic E-state index is 10.8. The average Bonchev–Trinajstić information content (AvgIpc) is 2.42. The van der Waals surface area contributed by atoms with Crippen molar-refractivity contribution >= 4 is 11.5 Å². The summed E-state index contributed by atoms with van der Waals surface area (Å²) < 4.78 is 10.2. The number of nitro groups is 1. The van der Waals surface area contributed by atoms with Gasteiger partial charge >= 0.3 is 5.69 Å². The van der Waals surface area contributed by atoms with Crippen LogP contribution in [0.3, 0.4) is 0 Å². The van der Waals surface area contributed by atoms with Crippen LogP contribution in [0.25, 0.3) is 0 Å². The molecule has 1 N–H and O–H groups in total. The number of pyridine rings is 1. The summed E-state index contributed by atoms with van der Waals surface area (Å²) in [7, 11) is 1.45. The lowest BCUT2D eigenvalue weighted by Crippen LogP contribution is -2.12. The van der Waals surface area contributed by atoms with Crippen LogP contribution in [0.15, 0.2) is 24.8 Å². The standard InChI is InChI=1S/C12H17N3O4/c1-3-4-8-19-9-7-13-12-10(15(16)17)5-6-11(14-12)18-2/h3,5-6H,1,4,7-9H2,2H3,(H,13,14). The maximum Gasteiger partial charge on any atom is 0.311 e. The van der Waals surface area contributed by atoms with E-state index < -0.39 is 4.92 Å². The highest BCUT2D eigenvalue weighted by molar-refractivity contribution is 5.56.